The maximum atomic E-state index is 13.8. The molecule has 2 unspecified atom stereocenters. The topological polar surface area (TPSA) is 59.4 Å². The highest BCUT2D eigenvalue weighted by atomic mass is 19.3. The normalized spacial score (nSPS) is 24.1. The molecule has 8 heteroatoms. The van der Waals surface area contributed by atoms with Gasteiger partial charge in [0.1, 0.15) is 17.6 Å². The van der Waals surface area contributed by atoms with E-state index >= 15 is 0 Å². The summed E-state index contributed by atoms with van der Waals surface area (Å²) in [7, 11) is 0. The number of aryl methyl sites for hydroxylation is 3. The molecule has 1 saturated heterocycles. The molecule has 1 amide bonds. The van der Waals surface area contributed by atoms with E-state index in [1.807, 2.05) is 49.9 Å². The number of ether oxygens (including phenoxy) is 1. The van der Waals surface area contributed by atoms with Crippen LogP contribution >= 0.6 is 0 Å². The zero-order valence-electron chi connectivity index (χ0n) is 19.1. The Morgan fingerprint density at radius 2 is 2.00 bits per heavy atom. The number of nitrogens with one attached hydrogen (secondary N) is 1. The zero-order chi connectivity index (χ0) is 23.0. The first kappa shape index (κ1) is 22.6. The number of benzene rings is 1. The Bertz CT molecular complexity index is 977. The maximum absolute atomic E-state index is 13.8. The number of likely N-dealkylation sites (tertiary alicyclic amines) is 1. The van der Waals surface area contributed by atoms with Crippen LogP contribution in [-0.4, -0.2) is 52.2 Å². The Kier molecular flexibility index (Phi) is 6.40. The Labute approximate surface area is 187 Å². The second kappa shape index (κ2) is 9.08. The highest BCUT2D eigenvalue weighted by Crippen LogP contribution is 2.36. The van der Waals surface area contributed by atoms with E-state index in [9.17, 15) is 13.6 Å². The van der Waals surface area contributed by atoms with Crippen LogP contribution in [0.5, 0.6) is 5.75 Å². The summed E-state index contributed by atoms with van der Waals surface area (Å²) < 4.78 is 34.8. The Hall–Kier alpha value is -2.64. The summed E-state index contributed by atoms with van der Waals surface area (Å²) in [6.45, 7) is 8.84. The monoisotopic (exact) mass is 446 g/mol. The smallest absolute Gasteiger partial charge is 0.263 e. The van der Waals surface area contributed by atoms with E-state index < -0.39 is 18.6 Å². The molecule has 0 radical (unpaired) electrons. The molecule has 3 heterocycles. The van der Waals surface area contributed by atoms with Crippen LogP contribution in [0.3, 0.4) is 0 Å². The summed E-state index contributed by atoms with van der Waals surface area (Å²) in [5.41, 5.74) is 3.01. The fourth-order valence-electron chi connectivity index (χ4n) is 4.84. The van der Waals surface area contributed by atoms with Crippen molar-refractivity contribution in [3.05, 3.63) is 41.1 Å². The standard InChI is InChI=1S/C24H32F2N4O2/c1-14-7-8-19(10-15(14)2)32-17(4)24(31)29-9-5-6-18(13-29)20-12-21(23(25)26)30-22(27-20)11-16(3)28-30/h7-8,10-11,17-18,20-21,23,27H,5-6,9,12-13H2,1-4H3/t17?,18?,20-,21+/m0/s1. The van der Waals surface area contributed by atoms with Crippen molar-refractivity contribution in [3.63, 3.8) is 0 Å². The number of anilines is 1. The number of carbonyl (C=O) groups excluding carboxylic acids is 1. The van der Waals surface area contributed by atoms with Crippen molar-refractivity contribution in [2.75, 3.05) is 18.4 Å². The number of halogens is 2. The molecule has 2 aliphatic rings. The van der Waals surface area contributed by atoms with Crippen molar-refractivity contribution >= 4 is 11.7 Å². The van der Waals surface area contributed by atoms with Crippen LogP contribution in [0.1, 0.15) is 49.0 Å². The minimum absolute atomic E-state index is 0.0602. The van der Waals surface area contributed by atoms with E-state index in [1.165, 1.54) is 10.2 Å². The number of carbonyl (C=O) groups is 1. The van der Waals surface area contributed by atoms with E-state index in [1.54, 1.807) is 6.92 Å². The Morgan fingerprint density at radius 1 is 1.22 bits per heavy atom. The van der Waals surface area contributed by atoms with Crippen molar-refractivity contribution in [3.8, 4) is 5.75 Å². The predicted molar refractivity (Wildman–Crippen MR) is 119 cm³/mol. The van der Waals surface area contributed by atoms with Gasteiger partial charge in [-0.05, 0) is 76.1 Å². The first-order valence-electron chi connectivity index (χ1n) is 11.4. The average Bonchev–Trinajstić information content (AvgIpc) is 3.15. The van der Waals surface area contributed by atoms with E-state index in [0.717, 1.165) is 24.1 Å². The van der Waals surface area contributed by atoms with Gasteiger partial charge >= 0.3 is 0 Å². The maximum Gasteiger partial charge on any atom is 0.263 e. The van der Waals surface area contributed by atoms with Crippen molar-refractivity contribution < 1.29 is 18.3 Å². The molecule has 4 rings (SSSR count). The average molecular weight is 447 g/mol. The van der Waals surface area contributed by atoms with Gasteiger partial charge in [0, 0.05) is 25.2 Å². The molecule has 1 aromatic carbocycles. The molecule has 6 nitrogen and oxygen atoms in total. The predicted octanol–water partition coefficient (Wildman–Crippen LogP) is 4.50. The summed E-state index contributed by atoms with van der Waals surface area (Å²) in [4.78, 5) is 14.9. The minimum Gasteiger partial charge on any atom is -0.481 e. The number of hydrogen-bond acceptors (Lipinski definition) is 4. The first-order chi connectivity index (χ1) is 15.2. The SMILES string of the molecule is Cc1cc2n(n1)[C@@H](C(F)F)C[C@@H](C1CCCN(C(=O)C(C)Oc3ccc(C)c(C)c3)C1)N2. The van der Waals surface area contributed by atoms with Gasteiger partial charge in [0.2, 0.25) is 0 Å². The zero-order valence-corrected chi connectivity index (χ0v) is 19.1. The van der Waals surface area contributed by atoms with Crippen LogP contribution in [-0.2, 0) is 4.79 Å². The summed E-state index contributed by atoms with van der Waals surface area (Å²) in [5, 5.41) is 7.65. The van der Waals surface area contributed by atoms with Crippen LogP contribution in [0.15, 0.2) is 24.3 Å². The number of piperidine rings is 1. The molecule has 1 N–H and O–H groups in total. The van der Waals surface area contributed by atoms with E-state index in [0.29, 0.717) is 31.1 Å². The van der Waals surface area contributed by atoms with Crippen LogP contribution in [0.4, 0.5) is 14.6 Å². The highest BCUT2D eigenvalue weighted by Gasteiger charge is 2.39. The summed E-state index contributed by atoms with van der Waals surface area (Å²) in [6, 6.07) is 6.56. The van der Waals surface area contributed by atoms with Gasteiger partial charge in [-0.2, -0.15) is 5.10 Å². The van der Waals surface area contributed by atoms with Crippen LogP contribution in [0.25, 0.3) is 0 Å². The largest absolute Gasteiger partial charge is 0.481 e. The second-order valence-electron chi connectivity index (χ2n) is 9.20. The van der Waals surface area contributed by atoms with Gasteiger partial charge in [-0.15, -0.1) is 0 Å². The molecule has 0 aliphatic carbocycles. The van der Waals surface area contributed by atoms with Gasteiger partial charge in [-0.1, -0.05) is 6.07 Å². The molecule has 174 valence electrons. The molecule has 1 aromatic heterocycles. The molecule has 4 atom stereocenters. The Balaban J connectivity index is 1.42. The molecule has 0 saturated carbocycles. The third-order valence-electron chi connectivity index (χ3n) is 6.77. The number of alkyl halides is 2. The van der Waals surface area contributed by atoms with Crippen LogP contribution in [0.2, 0.25) is 0 Å². The van der Waals surface area contributed by atoms with Gasteiger partial charge in [0.15, 0.2) is 6.10 Å². The summed E-state index contributed by atoms with van der Waals surface area (Å²) >= 11 is 0. The molecule has 2 aliphatic heterocycles. The van der Waals surface area contributed by atoms with Gasteiger partial charge in [0.25, 0.3) is 12.3 Å². The number of fused-ring (bicyclic) bond motifs is 1. The molecule has 2 aromatic rings. The molecule has 1 fully saturated rings. The molecule has 0 spiro atoms. The highest BCUT2D eigenvalue weighted by molar-refractivity contribution is 5.81. The van der Waals surface area contributed by atoms with Crippen molar-refractivity contribution in [1.29, 1.82) is 0 Å². The first-order valence-corrected chi connectivity index (χ1v) is 11.4. The van der Waals surface area contributed by atoms with Crippen LogP contribution in [0, 0.1) is 26.7 Å². The Morgan fingerprint density at radius 3 is 2.72 bits per heavy atom. The van der Waals surface area contributed by atoms with E-state index in [2.05, 4.69) is 10.4 Å². The quantitative estimate of drug-likeness (QED) is 0.735. The van der Waals surface area contributed by atoms with Gasteiger partial charge in [-0.25, -0.2) is 13.5 Å². The van der Waals surface area contributed by atoms with Gasteiger partial charge < -0.3 is 15.0 Å². The van der Waals surface area contributed by atoms with Crippen molar-refractivity contribution in [2.45, 2.75) is 71.6 Å². The summed E-state index contributed by atoms with van der Waals surface area (Å²) in [5.74, 6) is 1.36. The third-order valence-corrected chi connectivity index (χ3v) is 6.77. The number of aromatic nitrogens is 2. The minimum atomic E-state index is -2.48. The number of amides is 1. The second-order valence-corrected chi connectivity index (χ2v) is 9.20. The molecule has 0 bridgehead atoms. The summed E-state index contributed by atoms with van der Waals surface area (Å²) in [6.07, 6.45) is -1.04. The van der Waals surface area contributed by atoms with E-state index in [-0.39, 0.29) is 17.9 Å². The van der Waals surface area contributed by atoms with Crippen molar-refractivity contribution in [1.82, 2.24) is 14.7 Å². The third kappa shape index (κ3) is 4.59. The fraction of sp³-hybridized carbons (Fsp3) is 0.583. The lowest BCUT2D eigenvalue weighted by molar-refractivity contribution is -0.140. The van der Waals surface area contributed by atoms with E-state index in [4.69, 9.17) is 4.74 Å². The molecule has 32 heavy (non-hydrogen) atoms. The molecular weight excluding hydrogens is 414 g/mol. The van der Waals surface area contributed by atoms with Crippen LogP contribution < -0.4 is 10.1 Å². The van der Waals surface area contributed by atoms with Gasteiger partial charge in [0.05, 0.1) is 5.69 Å². The van der Waals surface area contributed by atoms with Crippen molar-refractivity contribution in [2.24, 2.45) is 5.92 Å². The number of hydrogen-bond donors (Lipinski definition) is 1. The molecular formula is C24H32F2N4O2. The number of nitrogens with zero attached hydrogens (tertiary/aromatic N) is 3. The number of rotatable bonds is 5. The lowest BCUT2D eigenvalue weighted by Gasteiger charge is -2.41. The fourth-order valence-corrected chi connectivity index (χ4v) is 4.84. The van der Waals surface area contributed by atoms with Gasteiger partial charge in [-0.3, -0.25) is 4.79 Å². The lowest BCUT2D eigenvalue weighted by Crippen LogP contribution is -2.50. The lowest BCUT2D eigenvalue weighted by atomic mass is 9.86.